The van der Waals surface area contributed by atoms with Crippen LogP contribution in [0.1, 0.15) is 25.3 Å². The van der Waals surface area contributed by atoms with Crippen LogP contribution in [0, 0.1) is 5.82 Å². The van der Waals surface area contributed by atoms with Crippen molar-refractivity contribution in [1.29, 1.82) is 0 Å². The summed E-state index contributed by atoms with van der Waals surface area (Å²) in [5.74, 6) is -0.234. The first-order valence-electron chi connectivity index (χ1n) is 11.7. The summed E-state index contributed by atoms with van der Waals surface area (Å²) in [5, 5.41) is 0. The summed E-state index contributed by atoms with van der Waals surface area (Å²) in [6.45, 7) is 5.96. The Hall–Kier alpha value is -3.39. The number of anilines is 2. The van der Waals surface area contributed by atoms with Crippen LogP contribution in [0.4, 0.5) is 15.8 Å². The minimum Gasteiger partial charge on any atom is -0.368 e. The Bertz CT molecular complexity index is 1240. The monoisotopic (exact) mass is 495 g/mol. The fourth-order valence-corrected chi connectivity index (χ4v) is 5.58. The number of benzene rings is 3. The average Bonchev–Trinajstić information content (AvgIpc) is 2.88. The zero-order chi connectivity index (χ0) is 25.0. The van der Waals surface area contributed by atoms with Crippen LogP contribution in [0.15, 0.2) is 83.8 Å². The molecule has 1 fully saturated rings. The summed E-state index contributed by atoms with van der Waals surface area (Å²) in [4.78, 5) is 17.2. The summed E-state index contributed by atoms with van der Waals surface area (Å²) in [5.41, 5.74) is 2.45. The van der Waals surface area contributed by atoms with Crippen LogP contribution in [-0.4, -0.2) is 51.9 Å². The highest BCUT2D eigenvalue weighted by Gasteiger charge is 2.30. The predicted molar refractivity (Wildman–Crippen MR) is 137 cm³/mol. The minimum absolute atomic E-state index is 0.141. The Labute approximate surface area is 206 Å². The van der Waals surface area contributed by atoms with Gasteiger partial charge < -0.3 is 9.80 Å². The first-order valence-corrected chi connectivity index (χ1v) is 13.2. The maximum Gasteiger partial charge on any atom is 0.264 e. The van der Waals surface area contributed by atoms with Gasteiger partial charge in [-0.3, -0.25) is 9.10 Å². The zero-order valence-electron chi connectivity index (χ0n) is 20.0. The smallest absolute Gasteiger partial charge is 0.264 e. The maximum atomic E-state index is 13.6. The Morgan fingerprint density at radius 1 is 0.886 bits per heavy atom. The van der Waals surface area contributed by atoms with Gasteiger partial charge in [0, 0.05) is 31.9 Å². The summed E-state index contributed by atoms with van der Waals surface area (Å²) < 4.78 is 41.5. The quantitative estimate of drug-likeness (QED) is 0.485. The Morgan fingerprint density at radius 2 is 1.49 bits per heavy atom. The van der Waals surface area contributed by atoms with Gasteiger partial charge in [-0.15, -0.1) is 0 Å². The van der Waals surface area contributed by atoms with Gasteiger partial charge in [0.05, 0.1) is 10.6 Å². The van der Waals surface area contributed by atoms with E-state index in [0.717, 1.165) is 11.3 Å². The lowest BCUT2D eigenvalue weighted by atomic mass is 10.0. The second-order valence-corrected chi connectivity index (χ2v) is 10.8. The fourth-order valence-electron chi connectivity index (χ4n) is 4.15. The summed E-state index contributed by atoms with van der Waals surface area (Å²) in [6.07, 6.45) is 0. The van der Waals surface area contributed by atoms with Gasteiger partial charge in [-0.1, -0.05) is 44.2 Å². The molecule has 0 unspecified atom stereocenters. The van der Waals surface area contributed by atoms with E-state index in [1.807, 2.05) is 12.1 Å². The molecule has 1 amide bonds. The third-order valence-corrected chi connectivity index (χ3v) is 8.07. The Morgan fingerprint density at radius 3 is 2.06 bits per heavy atom. The summed E-state index contributed by atoms with van der Waals surface area (Å²) >= 11 is 0. The van der Waals surface area contributed by atoms with E-state index in [4.69, 9.17) is 0 Å². The molecule has 0 N–H and O–H groups in total. The first kappa shape index (κ1) is 24.7. The molecule has 0 saturated carbocycles. The molecule has 0 aliphatic carbocycles. The number of carbonyl (C=O) groups excluding carboxylic acids is 1. The van der Waals surface area contributed by atoms with Gasteiger partial charge in [-0.2, -0.15) is 0 Å². The molecule has 184 valence electrons. The fraction of sp³-hybridized carbons (Fsp3) is 0.296. The third-order valence-electron chi connectivity index (χ3n) is 6.28. The minimum atomic E-state index is -3.94. The van der Waals surface area contributed by atoms with E-state index in [1.165, 1.54) is 28.6 Å². The number of piperazine rings is 1. The standard InChI is InChI=1S/C27H30FN3O3S/c1-21(2)22-8-12-25(13-9-22)31(35(33,34)26-6-4-3-5-7-26)20-27(32)30-18-16-29(17-19-30)24-14-10-23(28)11-15-24/h3-15,21H,16-20H2,1-2H3. The van der Waals surface area contributed by atoms with Crippen molar-refractivity contribution in [3.63, 3.8) is 0 Å². The van der Waals surface area contributed by atoms with Gasteiger partial charge in [-0.05, 0) is 60.0 Å². The summed E-state index contributed by atoms with van der Waals surface area (Å²) in [7, 11) is -3.94. The lowest BCUT2D eigenvalue weighted by molar-refractivity contribution is -0.129. The van der Waals surface area contributed by atoms with Crippen molar-refractivity contribution in [3.8, 4) is 0 Å². The molecular weight excluding hydrogens is 465 g/mol. The van der Waals surface area contributed by atoms with Gasteiger partial charge in [0.15, 0.2) is 0 Å². The molecule has 4 rings (SSSR count). The predicted octanol–water partition coefficient (Wildman–Crippen LogP) is 4.49. The van der Waals surface area contributed by atoms with Crippen LogP contribution < -0.4 is 9.21 Å². The van der Waals surface area contributed by atoms with E-state index in [0.29, 0.717) is 37.8 Å². The molecule has 1 aliphatic rings. The number of hydrogen-bond acceptors (Lipinski definition) is 4. The molecule has 1 aliphatic heterocycles. The first-order chi connectivity index (χ1) is 16.8. The number of halogens is 1. The molecule has 1 saturated heterocycles. The van der Waals surface area contributed by atoms with E-state index in [2.05, 4.69) is 18.7 Å². The van der Waals surface area contributed by atoms with E-state index in [1.54, 1.807) is 47.4 Å². The highest BCUT2D eigenvalue weighted by molar-refractivity contribution is 7.92. The molecule has 3 aromatic carbocycles. The topological polar surface area (TPSA) is 60.9 Å². The van der Waals surface area contributed by atoms with Gasteiger partial charge in [-0.25, -0.2) is 12.8 Å². The Balaban J connectivity index is 1.53. The van der Waals surface area contributed by atoms with Gasteiger partial charge >= 0.3 is 0 Å². The van der Waals surface area contributed by atoms with Crippen molar-refractivity contribution in [2.75, 3.05) is 41.9 Å². The molecule has 0 spiro atoms. The van der Waals surface area contributed by atoms with Crippen LogP contribution in [0.25, 0.3) is 0 Å². The number of sulfonamides is 1. The molecule has 0 radical (unpaired) electrons. The molecule has 35 heavy (non-hydrogen) atoms. The summed E-state index contributed by atoms with van der Waals surface area (Å²) in [6, 6.07) is 21.8. The third kappa shape index (κ3) is 5.65. The van der Waals surface area contributed by atoms with E-state index < -0.39 is 10.0 Å². The van der Waals surface area contributed by atoms with Gasteiger partial charge in [0.2, 0.25) is 5.91 Å². The molecule has 3 aromatic rings. The van der Waals surface area contributed by atoms with Crippen LogP contribution in [-0.2, 0) is 14.8 Å². The SMILES string of the molecule is CC(C)c1ccc(N(CC(=O)N2CCN(c3ccc(F)cc3)CC2)S(=O)(=O)c2ccccc2)cc1. The Kier molecular flexibility index (Phi) is 7.40. The zero-order valence-corrected chi connectivity index (χ0v) is 20.8. The lowest BCUT2D eigenvalue weighted by Gasteiger charge is -2.37. The lowest BCUT2D eigenvalue weighted by Crippen LogP contribution is -2.52. The highest BCUT2D eigenvalue weighted by Crippen LogP contribution is 2.26. The molecule has 8 heteroatoms. The van der Waals surface area contributed by atoms with Crippen LogP contribution in [0.2, 0.25) is 0 Å². The molecule has 6 nitrogen and oxygen atoms in total. The van der Waals surface area contributed by atoms with Gasteiger partial charge in [0.25, 0.3) is 10.0 Å². The number of hydrogen-bond donors (Lipinski definition) is 0. The van der Waals surface area contributed by atoms with E-state index in [9.17, 15) is 17.6 Å². The number of nitrogens with zero attached hydrogens (tertiary/aromatic N) is 3. The van der Waals surface area contributed by atoms with Crippen molar-refractivity contribution in [2.24, 2.45) is 0 Å². The van der Waals surface area contributed by atoms with E-state index in [-0.39, 0.29) is 23.2 Å². The number of amides is 1. The number of carbonyl (C=O) groups is 1. The average molecular weight is 496 g/mol. The van der Waals surface area contributed by atoms with Crippen molar-refractivity contribution in [3.05, 3.63) is 90.2 Å². The van der Waals surface area contributed by atoms with Crippen molar-refractivity contribution in [1.82, 2.24) is 4.90 Å². The highest BCUT2D eigenvalue weighted by atomic mass is 32.2. The van der Waals surface area contributed by atoms with Crippen LogP contribution >= 0.6 is 0 Å². The van der Waals surface area contributed by atoms with Crippen LogP contribution in [0.3, 0.4) is 0 Å². The van der Waals surface area contributed by atoms with Gasteiger partial charge in [0.1, 0.15) is 12.4 Å². The molecule has 0 atom stereocenters. The molecular formula is C27H30FN3O3S. The van der Waals surface area contributed by atoms with Crippen molar-refractivity contribution in [2.45, 2.75) is 24.7 Å². The van der Waals surface area contributed by atoms with Crippen molar-refractivity contribution >= 4 is 27.3 Å². The normalized spacial score (nSPS) is 14.3. The van der Waals surface area contributed by atoms with Crippen LogP contribution in [0.5, 0.6) is 0 Å². The second-order valence-electron chi connectivity index (χ2n) is 8.92. The molecule has 0 aromatic heterocycles. The molecule has 0 bridgehead atoms. The maximum absolute atomic E-state index is 13.6. The number of rotatable bonds is 7. The van der Waals surface area contributed by atoms with Crippen molar-refractivity contribution < 1.29 is 17.6 Å². The second kappa shape index (κ2) is 10.5. The molecule has 1 heterocycles. The largest absolute Gasteiger partial charge is 0.368 e. The van der Waals surface area contributed by atoms with E-state index >= 15 is 0 Å².